The topological polar surface area (TPSA) is 17.8 Å². The molecular weight excluding hydrogens is 605 g/mol. The monoisotopic (exact) mass is 651 g/mol. The number of nitrogens with zero attached hydrogens (tertiary/aromatic N) is 2. The fourth-order valence-corrected chi connectivity index (χ4v) is 7.68. The lowest BCUT2D eigenvalue weighted by atomic mass is 9.80. The number of para-hydroxylation sites is 3. The maximum Gasteiger partial charge on any atom is 0.145 e. The molecule has 0 saturated heterocycles. The van der Waals surface area contributed by atoms with Gasteiger partial charge in [0.25, 0.3) is 0 Å². The molecule has 0 bridgehead atoms. The average Bonchev–Trinajstić information content (AvgIpc) is 3.78. The second-order valence-electron chi connectivity index (χ2n) is 13.0. The normalized spacial score (nSPS) is 16.8. The molecule has 8 aromatic carbocycles. The molecule has 10 rings (SSSR count). The van der Waals surface area contributed by atoms with E-state index in [2.05, 4.69) is 26.0 Å². The third-order valence-electron chi connectivity index (χ3n) is 9.93. The molecule has 0 fully saturated rings. The Morgan fingerprint density at radius 2 is 1.10 bits per heavy atom. The van der Waals surface area contributed by atoms with Gasteiger partial charge in [0.1, 0.15) is 5.82 Å². The molecule has 0 N–H and O–H groups in total. The summed E-state index contributed by atoms with van der Waals surface area (Å²) >= 11 is 0. The van der Waals surface area contributed by atoms with E-state index in [1.54, 1.807) is 48.5 Å². The van der Waals surface area contributed by atoms with Crippen molar-refractivity contribution in [3.63, 3.8) is 0 Å². The van der Waals surface area contributed by atoms with Gasteiger partial charge in [0.15, 0.2) is 0 Å². The van der Waals surface area contributed by atoms with Gasteiger partial charge in [-0.1, -0.05) is 147 Å². The fraction of sp³-hybridized carbons (Fsp3) is 0.0625. The molecule has 2 heteroatoms. The second kappa shape index (κ2) is 10.9. The fourth-order valence-electron chi connectivity index (χ4n) is 7.68. The molecule has 0 spiro atoms. The first-order valence-electron chi connectivity index (χ1n) is 22.8. The van der Waals surface area contributed by atoms with Gasteiger partial charge in [-0.05, 0) is 102 Å². The van der Waals surface area contributed by atoms with Gasteiger partial charge in [-0.3, -0.25) is 4.57 Å². The van der Waals surface area contributed by atoms with Crippen molar-refractivity contribution in [1.82, 2.24) is 9.55 Å². The van der Waals surface area contributed by atoms with Gasteiger partial charge in [0.05, 0.1) is 28.9 Å². The first-order valence-corrected chi connectivity index (χ1v) is 16.3. The van der Waals surface area contributed by atoms with E-state index < -0.39 is 71.9 Å². The first-order chi connectivity index (χ1) is 30.0. The summed E-state index contributed by atoms with van der Waals surface area (Å²) in [6.07, 6.45) is 0. The van der Waals surface area contributed by atoms with Crippen LogP contribution < -0.4 is 0 Å². The van der Waals surface area contributed by atoms with E-state index in [9.17, 15) is 5.48 Å². The molecule has 1 aliphatic rings. The van der Waals surface area contributed by atoms with E-state index in [-0.39, 0.29) is 56.3 Å². The zero-order chi connectivity index (χ0) is 44.7. The van der Waals surface area contributed by atoms with Crippen LogP contribution in [0.25, 0.3) is 83.0 Å². The molecule has 1 aliphatic carbocycles. The number of hydrogen-bond donors (Lipinski definition) is 0. The van der Waals surface area contributed by atoms with Crippen LogP contribution in [0.4, 0.5) is 0 Å². The smallest absolute Gasteiger partial charge is 0.145 e. The molecule has 0 unspecified atom stereocenters. The maximum atomic E-state index is 9.49. The molecule has 1 aromatic heterocycles. The van der Waals surface area contributed by atoms with Crippen LogP contribution in [0.2, 0.25) is 0 Å². The summed E-state index contributed by atoms with van der Waals surface area (Å²) in [6.45, 7) is 4.22. The predicted molar refractivity (Wildman–Crippen MR) is 210 cm³/mol. The van der Waals surface area contributed by atoms with Crippen molar-refractivity contribution >= 4 is 32.6 Å². The Kier molecular flexibility index (Phi) is 4.03. The zero-order valence-corrected chi connectivity index (χ0v) is 27.1. The van der Waals surface area contributed by atoms with Crippen molar-refractivity contribution in [2.45, 2.75) is 19.3 Å². The lowest BCUT2D eigenvalue weighted by molar-refractivity contribution is 0.660. The Hall–Kier alpha value is -6.25. The van der Waals surface area contributed by atoms with E-state index in [1.807, 2.05) is 30.3 Å². The molecule has 2 nitrogen and oxygen atoms in total. The third-order valence-corrected chi connectivity index (χ3v) is 9.93. The Bertz CT molecular complexity index is 3430. The van der Waals surface area contributed by atoms with Crippen LogP contribution in [0.1, 0.15) is 42.8 Å². The van der Waals surface area contributed by atoms with Crippen LogP contribution in [0, 0.1) is 0 Å². The number of hydrogen-bond acceptors (Lipinski definition) is 1. The van der Waals surface area contributed by atoms with E-state index in [4.69, 9.17) is 17.3 Å². The van der Waals surface area contributed by atoms with E-state index in [0.29, 0.717) is 27.7 Å². The summed E-state index contributed by atoms with van der Waals surface area (Å²) in [5.41, 5.74) is 6.11. The minimum atomic E-state index is -0.549. The number of benzene rings is 8. The minimum Gasteiger partial charge on any atom is -0.292 e. The molecule has 0 amide bonds. The van der Waals surface area contributed by atoms with E-state index in [1.165, 1.54) is 4.57 Å². The molecule has 0 radical (unpaired) electrons. The van der Waals surface area contributed by atoms with Crippen LogP contribution in [-0.4, -0.2) is 9.55 Å². The first kappa shape index (κ1) is 18.5. The largest absolute Gasteiger partial charge is 0.292 e. The van der Waals surface area contributed by atoms with E-state index >= 15 is 0 Å². The minimum absolute atomic E-state index is 0.0489. The lowest BCUT2D eigenvalue weighted by Crippen LogP contribution is -2.14. The molecule has 236 valence electrons. The quantitative estimate of drug-likeness (QED) is 0.173. The summed E-state index contributed by atoms with van der Waals surface area (Å²) < 4.78 is 118. The van der Waals surface area contributed by atoms with Crippen molar-refractivity contribution in [1.29, 1.82) is 0 Å². The summed E-state index contributed by atoms with van der Waals surface area (Å²) in [4.78, 5) is 4.89. The molecule has 50 heavy (non-hydrogen) atoms. The third kappa shape index (κ3) is 4.18. The van der Waals surface area contributed by atoms with Crippen LogP contribution >= 0.6 is 0 Å². The zero-order valence-electron chi connectivity index (χ0n) is 40.1. The van der Waals surface area contributed by atoms with Gasteiger partial charge in [-0.2, -0.15) is 0 Å². The number of fused-ring (bicyclic) bond motifs is 6. The maximum absolute atomic E-state index is 9.49. The number of rotatable bonds is 4. The predicted octanol–water partition coefficient (Wildman–Crippen LogP) is 12.6. The van der Waals surface area contributed by atoms with Gasteiger partial charge < -0.3 is 0 Å². The van der Waals surface area contributed by atoms with Gasteiger partial charge in [0, 0.05) is 16.7 Å². The van der Waals surface area contributed by atoms with Gasteiger partial charge in [-0.25, -0.2) is 4.98 Å². The van der Waals surface area contributed by atoms with Gasteiger partial charge in [-0.15, -0.1) is 0 Å². The summed E-state index contributed by atoms with van der Waals surface area (Å²) in [5.74, 6) is 0.201. The highest BCUT2D eigenvalue weighted by molar-refractivity contribution is 6.21. The number of aromatic nitrogens is 2. The van der Waals surface area contributed by atoms with E-state index in [0.717, 1.165) is 22.3 Å². The lowest BCUT2D eigenvalue weighted by Gasteiger charge is -2.23. The summed E-state index contributed by atoms with van der Waals surface area (Å²) in [5, 5.41) is 0.262. The molecule has 1 heterocycles. The molecule has 0 aliphatic heterocycles. The highest BCUT2D eigenvalue weighted by Crippen LogP contribution is 2.51. The van der Waals surface area contributed by atoms with Crippen LogP contribution in [0.5, 0.6) is 0 Å². The van der Waals surface area contributed by atoms with Crippen molar-refractivity contribution < 1.29 is 17.8 Å². The van der Waals surface area contributed by atoms with Crippen molar-refractivity contribution in [3.05, 3.63) is 181 Å². The highest BCUT2D eigenvalue weighted by atomic mass is 15.1. The molecule has 0 atom stereocenters. The second-order valence-corrected chi connectivity index (χ2v) is 13.0. The Labute approximate surface area is 310 Å². The Morgan fingerprint density at radius 1 is 0.520 bits per heavy atom. The van der Waals surface area contributed by atoms with Crippen molar-refractivity contribution in [2.24, 2.45) is 0 Å². The summed E-state index contributed by atoms with van der Waals surface area (Å²) in [7, 11) is 0. The summed E-state index contributed by atoms with van der Waals surface area (Å²) in [6, 6.07) is 21.5. The van der Waals surface area contributed by atoms with Crippen molar-refractivity contribution in [3.8, 4) is 50.5 Å². The standard InChI is InChI=1S/C48H34N2/c1-48(2)41-24-11-10-19-35(41)36-28-27-32(30-42(36)48)46-39-22-8-6-20-37(39)45(38-21-7-9-23-40(38)46)31-15-14-16-33(29-31)47-49-43-25-12-13-26-44(43)50(47)34-17-4-3-5-18-34/h3-30H,1-2H3/i3D,4D,5D,6D,7D,8D,9D,17D,18D,20D,21D,22D,23D. The highest BCUT2D eigenvalue weighted by Gasteiger charge is 2.35. The number of imidazole rings is 1. The molecular formula is C48H34N2. The van der Waals surface area contributed by atoms with Gasteiger partial charge in [0.2, 0.25) is 0 Å². The molecule has 9 aromatic rings. The molecule has 0 saturated carbocycles. The average molecular weight is 652 g/mol. The van der Waals surface area contributed by atoms with Crippen LogP contribution in [0.3, 0.4) is 0 Å². The Balaban J connectivity index is 1.34. The van der Waals surface area contributed by atoms with Gasteiger partial charge >= 0.3 is 0 Å². The van der Waals surface area contributed by atoms with Crippen molar-refractivity contribution in [2.75, 3.05) is 0 Å². The van der Waals surface area contributed by atoms with Crippen LogP contribution in [-0.2, 0) is 5.41 Å². The SMILES string of the molecule is [2H]c1c([2H])c([2H])c(-n2c(-c3cccc(-c4c5c([2H])c([2H])c([2H])c([2H])c5c(-c5ccc6c(c5)C(C)(C)c5ccccc5-6)c5c([2H])c([2H])c([2H])c([2H])c45)c3)nc3ccccc32)c([2H])c1[2H]. The van der Waals surface area contributed by atoms with Crippen LogP contribution in [0.15, 0.2) is 170 Å². The Morgan fingerprint density at radius 3 is 1.82 bits per heavy atom.